The number of anilines is 2. The third-order valence-electron chi connectivity index (χ3n) is 3.88. The summed E-state index contributed by atoms with van der Waals surface area (Å²) in [6, 6.07) is 0.986. The van der Waals surface area contributed by atoms with E-state index in [0.29, 0.717) is 17.9 Å². The fourth-order valence-corrected chi connectivity index (χ4v) is 4.02. The molecule has 2 unspecified atom stereocenters. The minimum absolute atomic E-state index is 0.112. The Labute approximate surface area is 99.2 Å². The molecule has 3 heterocycles. The maximum absolute atomic E-state index is 9.77. The molecule has 1 aromatic heterocycles. The lowest BCUT2D eigenvalue weighted by molar-refractivity contribution is 0.126. The van der Waals surface area contributed by atoms with Gasteiger partial charge in [0.05, 0.1) is 6.10 Å². The molecule has 2 aliphatic rings. The highest BCUT2D eigenvalue weighted by atomic mass is 32.1. The number of nitrogen functional groups attached to an aromatic ring is 1. The van der Waals surface area contributed by atoms with Crippen LogP contribution in [0.3, 0.4) is 0 Å². The molecule has 3 rings (SSSR count). The van der Waals surface area contributed by atoms with Crippen LogP contribution in [0.1, 0.15) is 31.2 Å². The first-order chi connectivity index (χ1) is 7.66. The van der Waals surface area contributed by atoms with Crippen LogP contribution in [0.5, 0.6) is 0 Å². The van der Waals surface area contributed by atoms with Crippen LogP contribution in [-0.4, -0.2) is 27.7 Å². The molecule has 0 radical (unpaired) electrons. The Morgan fingerprint density at radius 3 is 2.50 bits per heavy atom. The summed E-state index contributed by atoms with van der Waals surface area (Å²) in [7, 11) is 0. The van der Waals surface area contributed by atoms with Crippen LogP contribution in [0.4, 0.5) is 10.8 Å². The number of nitrogens with zero attached hydrogens (tertiary/aromatic N) is 2. The van der Waals surface area contributed by atoms with Crippen LogP contribution in [0, 0.1) is 6.92 Å². The SMILES string of the molecule is Cc1c(N)nsc1N1C2CCC1CC(O)C2. The molecule has 0 aliphatic carbocycles. The van der Waals surface area contributed by atoms with Gasteiger partial charge < -0.3 is 15.7 Å². The minimum atomic E-state index is -0.112. The van der Waals surface area contributed by atoms with Gasteiger partial charge in [-0.25, -0.2) is 0 Å². The average Bonchev–Trinajstić information content (AvgIpc) is 2.69. The predicted octanol–water partition coefficient (Wildman–Crippen LogP) is 1.53. The monoisotopic (exact) mass is 239 g/mol. The van der Waals surface area contributed by atoms with E-state index in [1.807, 2.05) is 6.92 Å². The van der Waals surface area contributed by atoms with Crippen molar-refractivity contribution in [2.75, 3.05) is 10.6 Å². The lowest BCUT2D eigenvalue weighted by Crippen LogP contribution is -2.44. The Morgan fingerprint density at radius 1 is 1.38 bits per heavy atom. The first-order valence-corrected chi connectivity index (χ1v) is 6.62. The van der Waals surface area contributed by atoms with Crippen LogP contribution in [0.2, 0.25) is 0 Å². The Morgan fingerprint density at radius 2 is 2.00 bits per heavy atom. The summed E-state index contributed by atoms with van der Waals surface area (Å²) >= 11 is 1.50. The molecule has 88 valence electrons. The van der Waals surface area contributed by atoms with Crippen LogP contribution >= 0.6 is 11.5 Å². The highest BCUT2D eigenvalue weighted by Crippen LogP contribution is 2.43. The molecule has 4 nitrogen and oxygen atoms in total. The number of fused-ring (bicyclic) bond motifs is 2. The van der Waals surface area contributed by atoms with E-state index < -0.39 is 0 Å². The molecule has 16 heavy (non-hydrogen) atoms. The van der Waals surface area contributed by atoms with E-state index >= 15 is 0 Å². The van der Waals surface area contributed by atoms with Gasteiger partial charge in [-0.1, -0.05) is 0 Å². The smallest absolute Gasteiger partial charge is 0.142 e. The summed E-state index contributed by atoms with van der Waals surface area (Å²) in [5.41, 5.74) is 6.92. The van der Waals surface area contributed by atoms with Crippen LogP contribution in [-0.2, 0) is 0 Å². The second-order valence-corrected chi connectivity index (χ2v) is 5.67. The molecule has 5 heteroatoms. The molecule has 0 amide bonds. The minimum Gasteiger partial charge on any atom is -0.393 e. The molecule has 3 N–H and O–H groups in total. The molecular formula is C11H17N3OS. The molecule has 2 atom stereocenters. The molecule has 2 aliphatic heterocycles. The van der Waals surface area contributed by atoms with E-state index in [1.165, 1.54) is 29.4 Å². The van der Waals surface area contributed by atoms with Gasteiger partial charge in [0.2, 0.25) is 0 Å². The maximum Gasteiger partial charge on any atom is 0.142 e. The van der Waals surface area contributed by atoms with Gasteiger partial charge in [0.25, 0.3) is 0 Å². The van der Waals surface area contributed by atoms with Crippen molar-refractivity contribution in [1.82, 2.24) is 4.37 Å². The molecule has 1 aromatic rings. The van der Waals surface area contributed by atoms with Gasteiger partial charge in [0.1, 0.15) is 10.8 Å². The van der Waals surface area contributed by atoms with Gasteiger partial charge in [0, 0.05) is 17.6 Å². The van der Waals surface area contributed by atoms with Crippen LogP contribution in [0.15, 0.2) is 0 Å². The van der Waals surface area contributed by atoms with E-state index in [0.717, 1.165) is 18.4 Å². The summed E-state index contributed by atoms with van der Waals surface area (Å²) in [5, 5.41) is 11.0. The van der Waals surface area contributed by atoms with Gasteiger partial charge in [0.15, 0.2) is 0 Å². The van der Waals surface area contributed by atoms with Crippen molar-refractivity contribution in [2.45, 2.75) is 50.8 Å². The van der Waals surface area contributed by atoms with Crippen molar-refractivity contribution in [1.29, 1.82) is 0 Å². The second kappa shape index (κ2) is 3.60. The van der Waals surface area contributed by atoms with E-state index in [-0.39, 0.29) is 6.10 Å². The fraction of sp³-hybridized carbons (Fsp3) is 0.727. The van der Waals surface area contributed by atoms with Crippen molar-refractivity contribution in [3.8, 4) is 0 Å². The zero-order valence-electron chi connectivity index (χ0n) is 9.39. The summed E-state index contributed by atoms with van der Waals surface area (Å²) < 4.78 is 4.22. The number of aromatic nitrogens is 1. The Kier molecular flexibility index (Phi) is 2.33. The predicted molar refractivity (Wildman–Crippen MR) is 65.8 cm³/mol. The quantitative estimate of drug-likeness (QED) is 0.780. The standard InChI is InChI=1S/C11H17N3OS/c1-6-10(12)13-16-11(6)14-7-2-3-8(14)5-9(15)4-7/h7-9,15H,2-5H2,1H3,(H2,12,13). The van der Waals surface area contributed by atoms with Crippen molar-refractivity contribution < 1.29 is 5.11 Å². The molecule has 0 aromatic carbocycles. The van der Waals surface area contributed by atoms with Crippen molar-refractivity contribution >= 4 is 22.4 Å². The number of hydrogen-bond acceptors (Lipinski definition) is 5. The summed E-state index contributed by atoms with van der Waals surface area (Å²) in [5.74, 6) is 0.658. The topological polar surface area (TPSA) is 62.4 Å². The number of aliphatic hydroxyl groups is 1. The van der Waals surface area contributed by atoms with Crippen molar-refractivity contribution in [3.05, 3.63) is 5.56 Å². The normalized spacial score (nSPS) is 33.4. The number of piperidine rings is 1. The van der Waals surface area contributed by atoms with Gasteiger partial charge >= 0.3 is 0 Å². The van der Waals surface area contributed by atoms with Gasteiger partial charge in [-0.05, 0) is 44.1 Å². The highest BCUT2D eigenvalue weighted by Gasteiger charge is 2.41. The molecule has 2 fully saturated rings. The molecule has 2 saturated heterocycles. The average molecular weight is 239 g/mol. The van der Waals surface area contributed by atoms with Gasteiger partial charge in [-0.15, -0.1) is 0 Å². The zero-order chi connectivity index (χ0) is 11.3. The van der Waals surface area contributed by atoms with E-state index in [1.54, 1.807) is 0 Å². The fourth-order valence-electron chi connectivity index (χ4n) is 3.06. The lowest BCUT2D eigenvalue weighted by atomic mass is 10.00. The first-order valence-electron chi connectivity index (χ1n) is 5.85. The molecular weight excluding hydrogens is 222 g/mol. The summed E-state index contributed by atoms with van der Waals surface area (Å²) in [4.78, 5) is 2.45. The molecule has 0 spiro atoms. The van der Waals surface area contributed by atoms with Crippen molar-refractivity contribution in [2.24, 2.45) is 0 Å². The Balaban J connectivity index is 1.94. The Bertz CT molecular complexity index is 392. The number of nitrogens with two attached hydrogens (primary N) is 1. The molecule has 0 saturated carbocycles. The highest BCUT2D eigenvalue weighted by molar-refractivity contribution is 7.10. The number of rotatable bonds is 1. The summed E-state index contributed by atoms with van der Waals surface area (Å²) in [6.07, 6.45) is 4.07. The second-order valence-electron chi connectivity index (χ2n) is 4.92. The largest absolute Gasteiger partial charge is 0.393 e. The first kappa shape index (κ1) is 10.4. The maximum atomic E-state index is 9.77. The van der Waals surface area contributed by atoms with E-state index in [2.05, 4.69) is 9.27 Å². The summed E-state index contributed by atoms with van der Waals surface area (Å²) in [6.45, 7) is 2.04. The molecule has 2 bridgehead atoms. The van der Waals surface area contributed by atoms with Crippen molar-refractivity contribution in [3.63, 3.8) is 0 Å². The lowest BCUT2D eigenvalue weighted by Gasteiger charge is -2.38. The van der Waals surface area contributed by atoms with Crippen LogP contribution in [0.25, 0.3) is 0 Å². The zero-order valence-corrected chi connectivity index (χ0v) is 10.2. The van der Waals surface area contributed by atoms with E-state index in [4.69, 9.17) is 5.73 Å². The number of hydrogen-bond donors (Lipinski definition) is 2. The van der Waals surface area contributed by atoms with Crippen LogP contribution < -0.4 is 10.6 Å². The third kappa shape index (κ3) is 1.42. The Hall–Kier alpha value is -0.810. The third-order valence-corrected chi connectivity index (χ3v) is 4.86. The number of aliphatic hydroxyl groups excluding tert-OH is 1. The van der Waals surface area contributed by atoms with Gasteiger partial charge in [-0.3, -0.25) is 0 Å². The van der Waals surface area contributed by atoms with Gasteiger partial charge in [-0.2, -0.15) is 4.37 Å². The van der Waals surface area contributed by atoms with E-state index in [9.17, 15) is 5.11 Å².